The van der Waals surface area contributed by atoms with Crippen LogP contribution in [0, 0.1) is 10.8 Å². The lowest BCUT2D eigenvalue weighted by Crippen LogP contribution is -2.20. The maximum Gasteiger partial charge on any atom is 0.190 e. The number of fused-ring (bicyclic) bond motifs is 3. The SMILES string of the molecule is Cl.Cl.N=C(N)Nc1ccc2c(c1)Cc1cc(NC(=N)N)ccc1-2. The topological polar surface area (TPSA) is 124 Å². The van der Waals surface area contributed by atoms with Crippen molar-refractivity contribution in [3.8, 4) is 11.1 Å². The molecule has 0 heterocycles. The van der Waals surface area contributed by atoms with Crippen LogP contribution in [0.2, 0.25) is 0 Å². The van der Waals surface area contributed by atoms with Gasteiger partial charge in [0.05, 0.1) is 0 Å². The second-order valence-corrected chi connectivity index (χ2v) is 5.00. The predicted molar refractivity (Wildman–Crippen MR) is 100 cm³/mol. The van der Waals surface area contributed by atoms with Crippen LogP contribution in [0.15, 0.2) is 36.4 Å². The molecule has 0 unspecified atom stereocenters. The van der Waals surface area contributed by atoms with Crippen LogP contribution < -0.4 is 22.1 Å². The maximum absolute atomic E-state index is 7.28. The second-order valence-electron chi connectivity index (χ2n) is 5.00. The molecule has 23 heavy (non-hydrogen) atoms. The van der Waals surface area contributed by atoms with Crippen LogP contribution in [0.1, 0.15) is 11.1 Å². The highest BCUT2D eigenvalue weighted by Gasteiger charge is 2.19. The van der Waals surface area contributed by atoms with Gasteiger partial charge < -0.3 is 22.1 Å². The van der Waals surface area contributed by atoms with E-state index < -0.39 is 0 Å². The summed E-state index contributed by atoms with van der Waals surface area (Å²) in [6, 6.07) is 11.9. The van der Waals surface area contributed by atoms with Crippen molar-refractivity contribution in [1.29, 1.82) is 10.8 Å². The van der Waals surface area contributed by atoms with Crippen LogP contribution in [0.3, 0.4) is 0 Å². The third kappa shape index (κ3) is 3.85. The Labute approximate surface area is 146 Å². The Morgan fingerprint density at radius 1 is 0.783 bits per heavy atom. The molecule has 6 nitrogen and oxygen atoms in total. The van der Waals surface area contributed by atoms with E-state index in [9.17, 15) is 0 Å². The van der Waals surface area contributed by atoms with E-state index in [1.165, 1.54) is 22.3 Å². The lowest BCUT2D eigenvalue weighted by atomic mass is 10.1. The van der Waals surface area contributed by atoms with Gasteiger partial charge in [-0.2, -0.15) is 0 Å². The van der Waals surface area contributed by atoms with Crippen molar-refractivity contribution in [3.63, 3.8) is 0 Å². The van der Waals surface area contributed by atoms with E-state index in [2.05, 4.69) is 10.6 Å². The van der Waals surface area contributed by atoms with Crippen LogP contribution in [-0.4, -0.2) is 11.9 Å². The summed E-state index contributed by atoms with van der Waals surface area (Å²) in [5.41, 5.74) is 17.1. The number of anilines is 2. The van der Waals surface area contributed by atoms with Crippen molar-refractivity contribution in [3.05, 3.63) is 47.5 Å². The minimum atomic E-state index is -0.0709. The van der Waals surface area contributed by atoms with E-state index in [0.717, 1.165) is 17.8 Å². The van der Waals surface area contributed by atoms with Crippen molar-refractivity contribution in [2.45, 2.75) is 6.42 Å². The van der Waals surface area contributed by atoms with Gasteiger partial charge in [-0.15, -0.1) is 24.8 Å². The molecule has 0 saturated heterocycles. The minimum Gasteiger partial charge on any atom is -0.370 e. The first kappa shape index (κ1) is 18.6. The smallest absolute Gasteiger partial charge is 0.190 e. The van der Waals surface area contributed by atoms with Gasteiger partial charge in [-0.3, -0.25) is 10.8 Å². The molecular formula is C15H18Cl2N6. The highest BCUT2D eigenvalue weighted by Crippen LogP contribution is 2.38. The molecule has 0 atom stereocenters. The Kier molecular flexibility index (Phi) is 5.84. The Morgan fingerprint density at radius 3 is 1.52 bits per heavy atom. The summed E-state index contributed by atoms with van der Waals surface area (Å²) in [6.07, 6.45) is 0.811. The Morgan fingerprint density at radius 2 is 1.17 bits per heavy atom. The summed E-state index contributed by atoms with van der Waals surface area (Å²) in [7, 11) is 0. The first-order chi connectivity index (χ1) is 10.0. The summed E-state index contributed by atoms with van der Waals surface area (Å²) in [5.74, 6) is -0.142. The molecule has 0 aromatic heterocycles. The highest BCUT2D eigenvalue weighted by atomic mass is 35.5. The molecular weight excluding hydrogens is 335 g/mol. The monoisotopic (exact) mass is 352 g/mol. The number of rotatable bonds is 2. The number of halogens is 2. The third-order valence-corrected chi connectivity index (χ3v) is 3.44. The summed E-state index contributed by atoms with van der Waals surface area (Å²) in [4.78, 5) is 0. The lowest BCUT2D eigenvalue weighted by Gasteiger charge is -2.07. The molecule has 8 N–H and O–H groups in total. The molecule has 0 radical (unpaired) electrons. The largest absolute Gasteiger partial charge is 0.370 e. The van der Waals surface area contributed by atoms with Crippen molar-refractivity contribution >= 4 is 48.1 Å². The predicted octanol–water partition coefficient (Wildman–Crippen LogP) is 2.71. The quantitative estimate of drug-likeness (QED) is 0.313. The zero-order valence-electron chi connectivity index (χ0n) is 12.1. The molecule has 2 aromatic carbocycles. The van der Waals surface area contributed by atoms with E-state index in [0.29, 0.717) is 0 Å². The van der Waals surface area contributed by atoms with Gasteiger partial charge in [-0.05, 0) is 52.9 Å². The highest BCUT2D eigenvalue weighted by molar-refractivity contribution is 5.92. The fraction of sp³-hybridized carbons (Fsp3) is 0.0667. The van der Waals surface area contributed by atoms with Gasteiger partial charge in [0.25, 0.3) is 0 Å². The van der Waals surface area contributed by atoms with Gasteiger partial charge in [-0.1, -0.05) is 12.1 Å². The molecule has 0 spiro atoms. The van der Waals surface area contributed by atoms with Gasteiger partial charge in [0.15, 0.2) is 11.9 Å². The Bertz CT molecular complexity index is 696. The van der Waals surface area contributed by atoms with Gasteiger partial charge in [0.2, 0.25) is 0 Å². The normalized spacial score (nSPS) is 10.4. The van der Waals surface area contributed by atoms with Gasteiger partial charge in [-0.25, -0.2) is 0 Å². The molecule has 0 saturated carbocycles. The first-order valence-electron chi connectivity index (χ1n) is 6.51. The van der Waals surface area contributed by atoms with Crippen LogP contribution in [0.4, 0.5) is 11.4 Å². The fourth-order valence-corrected chi connectivity index (χ4v) is 2.68. The van der Waals surface area contributed by atoms with Gasteiger partial charge in [0.1, 0.15) is 0 Å². The average molecular weight is 353 g/mol. The van der Waals surface area contributed by atoms with Crippen LogP contribution in [0.25, 0.3) is 11.1 Å². The number of nitrogens with two attached hydrogens (primary N) is 2. The lowest BCUT2D eigenvalue weighted by molar-refractivity contribution is 1.26. The second kappa shape index (κ2) is 7.21. The van der Waals surface area contributed by atoms with E-state index in [1.54, 1.807) is 0 Å². The molecule has 0 fully saturated rings. The Balaban J connectivity index is 0.00000132. The first-order valence-corrected chi connectivity index (χ1v) is 6.51. The number of hydrogen-bond donors (Lipinski definition) is 6. The zero-order valence-corrected chi connectivity index (χ0v) is 13.8. The van der Waals surface area contributed by atoms with Crippen molar-refractivity contribution in [1.82, 2.24) is 0 Å². The molecule has 1 aliphatic carbocycles. The van der Waals surface area contributed by atoms with Gasteiger partial charge in [0, 0.05) is 11.4 Å². The number of nitrogens with one attached hydrogen (secondary N) is 4. The summed E-state index contributed by atoms with van der Waals surface area (Å²) < 4.78 is 0. The van der Waals surface area contributed by atoms with E-state index in [-0.39, 0.29) is 36.7 Å². The maximum atomic E-state index is 7.28. The molecule has 3 rings (SSSR count). The molecule has 0 amide bonds. The standard InChI is InChI=1S/C15H16N6.2ClH/c16-14(17)20-10-1-3-12-8(6-10)5-9-7-11(21-15(18)19)2-4-13(9)12;;/h1-4,6-7H,5H2,(H4,16,17,20)(H4,18,19,21);2*1H. The molecule has 122 valence electrons. The average Bonchev–Trinajstić information content (AvgIpc) is 2.73. The number of benzene rings is 2. The van der Waals surface area contributed by atoms with Crippen LogP contribution in [0.5, 0.6) is 0 Å². The van der Waals surface area contributed by atoms with Gasteiger partial charge >= 0.3 is 0 Å². The minimum absolute atomic E-state index is 0. The van der Waals surface area contributed by atoms with Crippen LogP contribution >= 0.6 is 24.8 Å². The van der Waals surface area contributed by atoms with E-state index in [1.807, 2.05) is 36.4 Å². The molecule has 2 aromatic rings. The fourth-order valence-electron chi connectivity index (χ4n) is 2.68. The number of hydrogen-bond acceptors (Lipinski definition) is 2. The van der Waals surface area contributed by atoms with Crippen LogP contribution in [-0.2, 0) is 6.42 Å². The van der Waals surface area contributed by atoms with E-state index in [4.69, 9.17) is 22.3 Å². The summed E-state index contributed by atoms with van der Waals surface area (Å²) in [6.45, 7) is 0. The zero-order chi connectivity index (χ0) is 15.0. The van der Waals surface area contributed by atoms with Crippen molar-refractivity contribution in [2.24, 2.45) is 11.5 Å². The summed E-state index contributed by atoms with van der Waals surface area (Å²) >= 11 is 0. The molecule has 0 bridgehead atoms. The third-order valence-electron chi connectivity index (χ3n) is 3.44. The number of guanidine groups is 2. The summed E-state index contributed by atoms with van der Waals surface area (Å²) in [5, 5.41) is 20.2. The Hall–Kier alpha value is -2.44. The van der Waals surface area contributed by atoms with Crippen molar-refractivity contribution < 1.29 is 0 Å². The molecule has 8 heteroatoms. The van der Waals surface area contributed by atoms with Crippen molar-refractivity contribution in [2.75, 3.05) is 10.6 Å². The molecule has 0 aliphatic heterocycles. The molecule has 1 aliphatic rings. The van der Waals surface area contributed by atoms with E-state index >= 15 is 0 Å².